The van der Waals surface area contributed by atoms with Crippen LogP contribution in [0.4, 0.5) is 9.59 Å². The zero-order valence-electron chi connectivity index (χ0n) is 20.0. The Hall–Kier alpha value is -2.57. The Morgan fingerprint density at radius 3 is 2.06 bits per heavy atom. The number of nitrogens with zero attached hydrogens (tertiary/aromatic N) is 2. The van der Waals surface area contributed by atoms with E-state index >= 15 is 0 Å². The monoisotopic (exact) mass is 456 g/mol. The summed E-state index contributed by atoms with van der Waals surface area (Å²) < 4.78 is 0. The van der Waals surface area contributed by atoms with Crippen molar-refractivity contribution in [2.24, 2.45) is 5.92 Å². The number of hydrogen-bond acceptors (Lipinski definition) is 4. The molecule has 2 saturated carbocycles. The summed E-state index contributed by atoms with van der Waals surface area (Å²) in [5.74, 6) is -0.752. The van der Waals surface area contributed by atoms with Gasteiger partial charge in [0.05, 0.1) is 0 Å². The molecule has 1 aromatic rings. The molecule has 7 nitrogen and oxygen atoms in total. The fraction of sp³-hybridized carbons (Fsp3) is 0.654. The Kier molecular flexibility index (Phi) is 9.15. The molecule has 0 radical (unpaired) electrons. The summed E-state index contributed by atoms with van der Waals surface area (Å²) in [6.45, 7) is 3.68. The molecule has 33 heavy (non-hydrogen) atoms. The van der Waals surface area contributed by atoms with Crippen molar-refractivity contribution in [2.45, 2.75) is 103 Å². The van der Waals surface area contributed by atoms with E-state index in [1.165, 1.54) is 11.3 Å². The first kappa shape index (κ1) is 25.1. The summed E-state index contributed by atoms with van der Waals surface area (Å²) in [6, 6.07) is 7.69. The van der Waals surface area contributed by atoms with Gasteiger partial charge in [-0.15, -0.1) is 0 Å². The largest absolute Gasteiger partial charge is 0.530 e. The van der Waals surface area contributed by atoms with Gasteiger partial charge in [0.1, 0.15) is 12.1 Å². The molecule has 2 fully saturated rings. The molecule has 1 unspecified atom stereocenters. The lowest BCUT2D eigenvalue weighted by atomic mass is 9.92. The highest BCUT2D eigenvalue weighted by atomic mass is 16.4. The molecule has 0 bridgehead atoms. The smallest absolute Gasteiger partial charge is 0.324 e. The van der Waals surface area contributed by atoms with E-state index < -0.39 is 18.0 Å². The van der Waals surface area contributed by atoms with Gasteiger partial charge in [-0.05, 0) is 37.2 Å². The minimum atomic E-state index is -1.40. The molecule has 7 heteroatoms. The van der Waals surface area contributed by atoms with Crippen molar-refractivity contribution in [3.63, 3.8) is 0 Å². The summed E-state index contributed by atoms with van der Waals surface area (Å²) in [4.78, 5) is 42.0. The van der Waals surface area contributed by atoms with Gasteiger partial charge in [-0.25, -0.2) is 4.79 Å². The Balaban J connectivity index is 1.87. The lowest BCUT2D eigenvalue weighted by molar-refractivity contribution is -0.269. The van der Waals surface area contributed by atoms with E-state index in [2.05, 4.69) is 5.32 Å². The Morgan fingerprint density at radius 1 is 0.939 bits per heavy atom. The second-order valence-electron chi connectivity index (χ2n) is 9.85. The third kappa shape index (κ3) is 6.71. The minimum absolute atomic E-state index is 0.0422. The number of imide groups is 1. The third-order valence-corrected chi connectivity index (χ3v) is 6.98. The molecule has 1 aromatic carbocycles. The number of carboxylic acid groups (broad SMARTS) is 1. The van der Waals surface area contributed by atoms with E-state index in [0.29, 0.717) is 0 Å². The average molecular weight is 457 g/mol. The predicted molar refractivity (Wildman–Crippen MR) is 125 cm³/mol. The molecule has 0 heterocycles. The molecule has 1 atom stereocenters. The number of hydrogen-bond donors (Lipinski definition) is 1. The lowest BCUT2D eigenvalue weighted by Crippen LogP contribution is -2.61. The molecule has 182 valence electrons. The minimum Gasteiger partial charge on any atom is -0.530 e. The molecule has 3 rings (SSSR count). The number of benzene rings is 1. The Labute approximate surface area is 197 Å². The predicted octanol–water partition coefficient (Wildman–Crippen LogP) is 4.06. The fourth-order valence-electron chi connectivity index (χ4n) is 5.25. The van der Waals surface area contributed by atoms with Gasteiger partial charge in [-0.2, -0.15) is 0 Å². The fourth-order valence-corrected chi connectivity index (χ4v) is 5.25. The normalized spacial score (nSPS) is 18.5. The first-order valence-corrected chi connectivity index (χ1v) is 12.5. The standard InChI is InChI=1S/C26H39N3O4/c1-19(2)23(28(26(32)33)18-20-12-6-3-7-13-20)24(30)29(22-16-10-5-11-17-22)25(31)27-21-14-8-4-9-15-21/h3,6-7,12-13,19,21-23H,4-5,8-11,14-18H2,1-2H3,(H,27,31)(H,32,33)/p-1. The van der Waals surface area contributed by atoms with Crippen LogP contribution in [-0.2, 0) is 11.3 Å². The highest BCUT2D eigenvalue weighted by Crippen LogP contribution is 2.27. The number of carbonyl (C=O) groups is 3. The van der Waals surface area contributed by atoms with Crippen LogP contribution in [-0.4, -0.2) is 46.0 Å². The van der Waals surface area contributed by atoms with E-state index in [0.717, 1.165) is 68.3 Å². The first-order chi connectivity index (χ1) is 15.9. The molecule has 0 spiro atoms. The maximum Gasteiger partial charge on any atom is 0.324 e. The van der Waals surface area contributed by atoms with Gasteiger partial charge in [0, 0.05) is 18.6 Å². The average Bonchev–Trinajstić information content (AvgIpc) is 2.80. The summed E-state index contributed by atoms with van der Waals surface area (Å²) in [5, 5.41) is 15.3. The summed E-state index contributed by atoms with van der Waals surface area (Å²) in [5.41, 5.74) is 0.774. The highest BCUT2D eigenvalue weighted by molar-refractivity contribution is 5.98. The van der Waals surface area contributed by atoms with Crippen LogP contribution >= 0.6 is 0 Å². The maximum atomic E-state index is 13.9. The second kappa shape index (κ2) is 12.1. The maximum absolute atomic E-state index is 13.9. The first-order valence-electron chi connectivity index (χ1n) is 12.5. The van der Waals surface area contributed by atoms with Gasteiger partial charge in [-0.1, -0.05) is 82.7 Å². The molecule has 2 aliphatic carbocycles. The van der Waals surface area contributed by atoms with Gasteiger partial charge >= 0.3 is 6.03 Å². The number of carbonyl (C=O) groups excluding carboxylic acids is 3. The van der Waals surface area contributed by atoms with Crippen LogP contribution in [0.1, 0.15) is 83.6 Å². The van der Waals surface area contributed by atoms with Crippen molar-refractivity contribution in [1.82, 2.24) is 15.1 Å². The molecule has 0 aliphatic heterocycles. The van der Waals surface area contributed by atoms with Crippen molar-refractivity contribution in [3.8, 4) is 0 Å². The van der Waals surface area contributed by atoms with Gasteiger partial charge < -0.3 is 20.1 Å². The van der Waals surface area contributed by atoms with E-state index in [-0.39, 0.29) is 30.6 Å². The van der Waals surface area contributed by atoms with Crippen LogP contribution in [0.5, 0.6) is 0 Å². The van der Waals surface area contributed by atoms with E-state index in [1.54, 1.807) is 0 Å². The summed E-state index contributed by atoms with van der Waals surface area (Å²) >= 11 is 0. The van der Waals surface area contributed by atoms with Crippen LogP contribution in [0.15, 0.2) is 30.3 Å². The van der Waals surface area contributed by atoms with Gasteiger partial charge in [-0.3, -0.25) is 9.69 Å². The van der Waals surface area contributed by atoms with Crippen molar-refractivity contribution in [3.05, 3.63) is 35.9 Å². The number of rotatable bonds is 7. The van der Waals surface area contributed by atoms with E-state index in [4.69, 9.17) is 0 Å². The topological polar surface area (TPSA) is 92.8 Å². The molecular formula is C26H38N3O4-. The molecule has 1 N–H and O–H groups in total. The second-order valence-corrected chi connectivity index (χ2v) is 9.85. The van der Waals surface area contributed by atoms with Crippen LogP contribution in [0.25, 0.3) is 0 Å². The Bertz CT molecular complexity index is 786. The van der Waals surface area contributed by atoms with Gasteiger partial charge in [0.2, 0.25) is 0 Å². The summed E-state index contributed by atoms with van der Waals surface area (Å²) in [6.07, 6.45) is 8.31. The van der Waals surface area contributed by atoms with Crippen molar-refractivity contribution >= 4 is 18.0 Å². The van der Waals surface area contributed by atoms with Crippen LogP contribution in [0.2, 0.25) is 0 Å². The zero-order chi connectivity index (χ0) is 23.8. The van der Waals surface area contributed by atoms with Crippen molar-refractivity contribution in [2.75, 3.05) is 0 Å². The number of nitrogens with one attached hydrogen (secondary N) is 1. The molecule has 0 saturated heterocycles. The van der Waals surface area contributed by atoms with E-state index in [1.807, 2.05) is 44.2 Å². The highest BCUT2D eigenvalue weighted by Gasteiger charge is 2.40. The number of amides is 4. The van der Waals surface area contributed by atoms with Crippen molar-refractivity contribution in [1.29, 1.82) is 0 Å². The summed E-state index contributed by atoms with van der Waals surface area (Å²) in [7, 11) is 0. The molecule has 4 amide bonds. The molecule has 0 aromatic heterocycles. The Morgan fingerprint density at radius 2 is 1.52 bits per heavy atom. The zero-order valence-corrected chi connectivity index (χ0v) is 20.0. The van der Waals surface area contributed by atoms with E-state index in [9.17, 15) is 19.5 Å². The third-order valence-electron chi connectivity index (χ3n) is 6.98. The number of urea groups is 1. The van der Waals surface area contributed by atoms with Gasteiger partial charge in [0.15, 0.2) is 0 Å². The molecule has 2 aliphatic rings. The van der Waals surface area contributed by atoms with Crippen LogP contribution in [0, 0.1) is 5.92 Å². The quantitative estimate of drug-likeness (QED) is 0.670. The SMILES string of the molecule is CC(C)C(C(=O)N(C(=O)NC1CCCCC1)C1CCCCC1)N(Cc1ccccc1)C(=O)[O-]. The van der Waals surface area contributed by atoms with Gasteiger partial charge in [0.25, 0.3) is 5.91 Å². The lowest BCUT2D eigenvalue weighted by Gasteiger charge is -2.41. The van der Waals surface area contributed by atoms with Crippen LogP contribution < -0.4 is 10.4 Å². The molecular weight excluding hydrogens is 418 g/mol. The van der Waals surface area contributed by atoms with Crippen molar-refractivity contribution < 1.29 is 19.5 Å². The van der Waals surface area contributed by atoms with Crippen LogP contribution in [0.3, 0.4) is 0 Å².